The number of carbonyl (C=O) groups excluding carboxylic acids is 2. The molecule has 0 aliphatic rings. The summed E-state index contributed by atoms with van der Waals surface area (Å²) in [6.45, 7) is 0. The Labute approximate surface area is 212 Å². The predicted octanol–water partition coefficient (Wildman–Crippen LogP) is 6.28. The average Bonchev–Trinajstić information content (AvgIpc) is 2.86. The van der Waals surface area contributed by atoms with Gasteiger partial charge in [0, 0.05) is 21.8 Å². The molecular weight excluding hydrogens is 507 g/mol. The van der Waals surface area contributed by atoms with Gasteiger partial charge in [-0.05, 0) is 48.5 Å². The first-order valence-electron chi connectivity index (χ1n) is 10.3. The van der Waals surface area contributed by atoms with Gasteiger partial charge in [-0.3, -0.25) is 14.3 Å². The molecule has 0 aliphatic carbocycles. The van der Waals surface area contributed by atoms with Crippen LogP contribution >= 0.6 is 23.2 Å². The third kappa shape index (κ3) is 5.71. The molecule has 4 aromatic rings. The highest BCUT2D eigenvalue weighted by Crippen LogP contribution is 2.27. The standard InChI is InChI=1S/C26H18Cl2N2O4S/c27-18-11-14-24(22(15-18)25(31)17-7-3-1-4-8-17)29-26(32)21-16-19(12-13-23(21)28)30-35(33,34)20-9-5-2-6-10-20/h1-16,30H,(H,29,32). The zero-order chi connectivity index (χ0) is 25.0. The van der Waals surface area contributed by atoms with E-state index in [1.54, 1.807) is 54.6 Å². The molecule has 4 aromatic carbocycles. The zero-order valence-electron chi connectivity index (χ0n) is 18.0. The molecule has 0 atom stereocenters. The van der Waals surface area contributed by atoms with Gasteiger partial charge in [0.25, 0.3) is 15.9 Å². The third-order valence-electron chi connectivity index (χ3n) is 5.03. The van der Waals surface area contributed by atoms with Gasteiger partial charge in [0.15, 0.2) is 5.78 Å². The summed E-state index contributed by atoms with van der Waals surface area (Å²) < 4.78 is 27.7. The van der Waals surface area contributed by atoms with Crippen molar-refractivity contribution in [3.05, 3.63) is 124 Å². The second-order valence-corrected chi connectivity index (χ2v) is 9.98. The summed E-state index contributed by atoms with van der Waals surface area (Å²) in [5.41, 5.74) is 1.04. The topological polar surface area (TPSA) is 92.3 Å². The maximum absolute atomic E-state index is 13.1. The second kappa shape index (κ2) is 10.3. The number of hydrogen-bond donors (Lipinski definition) is 2. The predicted molar refractivity (Wildman–Crippen MR) is 138 cm³/mol. The Bertz CT molecular complexity index is 1510. The summed E-state index contributed by atoms with van der Waals surface area (Å²) in [6.07, 6.45) is 0. The van der Waals surface area contributed by atoms with Crippen LogP contribution in [0.25, 0.3) is 0 Å². The van der Waals surface area contributed by atoms with E-state index in [1.165, 1.54) is 42.5 Å². The van der Waals surface area contributed by atoms with E-state index in [-0.39, 0.29) is 38.2 Å². The van der Waals surface area contributed by atoms with E-state index >= 15 is 0 Å². The van der Waals surface area contributed by atoms with Crippen molar-refractivity contribution in [2.45, 2.75) is 4.90 Å². The molecule has 0 spiro atoms. The second-order valence-electron chi connectivity index (χ2n) is 7.45. The first-order valence-corrected chi connectivity index (χ1v) is 12.6. The fourth-order valence-electron chi connectivity index (χ4n) is 3.32. The molecule has 0 saturated heterocycles. The van der Waals surface area contributed by atoms with Crippen LogP contribution in [0, 0.1) is 0 Å². The van der Waals surface area contributed by atoms with Crippen molar-refractivity contribution in [2.75, 3.05) is 10.0 Å². The van der Waals surface area contributed by atoms with Gasteiger partial charge in [0.1, 0.15) is 0 Å². The Morgan fingerprint density at radius 1 is 0.714 bits per heavy atom. The van der Waals surface area contributed by atoms with Gasteiger partial charge in [0.05, 0.1) is 21.2 Å². The lowest BCUT2D eigenvalue weighted by atomic mass is 10.0. The first-order chi connectivity index (χ1) is 16.7. The minimum absolute atomic E-state index is 0.0213. The van der Waals surface area contributed by atoms with Gasteiger partial charge in [0.2, 0.25) is 0 Å². The number of nitrogens with one attached hydrogen (secondary N) is 2. The van der Waals surface area contributed by atoms with Crippen LogP contribution in [0.15, 0.2) is 102 Å². The van der Waals surface area contributed by atoms with Crippen LogP contribution < -0.4 is 10.0 Å². The van der Waals surface area contributed by atoms with Crippen LogP contribution in [-0.2, 0) is 10.0 Å². The van der Waals surface area contributed by atoms with Crippen molar-refractivity contribution < 1.29 is 18.0 Å². The van der Waals surface area contributed by atoms with E-state index < -0.39 is 15.9 Å². The fraction of sp³-hybridized carbons (Fsp3) is 0. The third-order valence-corrected chi connectivity index (χ3v) is 6.99. The van der Waals surface area contributed by atoms with Crippen LogP contribution in [0.1, 0.15) is 26.3 Å². The Hall–Kier alpha value is -3.65. The molecule has 176 valence electrons. The number of anilines is 2. The highest BCUT2D eigenvalue weighted by molar-refractivity contribution is 7.92. The lowest BCUT2D eigenvalue weighted by molar-refractivity contribution is 0.102. The lowest BCUT2D eigenvalue weighted by Gasteiger charge is -2.13. The number of carbonyl (C=O) groups is 2. The number of rotatable bonds is 7. The molecule has 2 N–H and O–H groups in total. The fourth-order valence-corrected chi connectivity index (χ4v) is 4.77. The van der Waals surface area contributed by atoms with E-state index in [9.17, 15) is 18.0 Å². The van der Waals surface area contributed by atoms with E-state index in [0.717, 1.165) is 0 Å². The molecule has 4 rings (SSSR count). The normalized spacial score (nSPS) is 11.0. The highest BCUT2D eigenvalue weighted by Gasteiger charge is 2.20. The van der Waals surface area contributed by atoms with Crippen molar-refractivity contribution in [2.24, 2.45) is 0 Å². The van der Waals surface area contributed by atoms with Gasteiger partial charge >= 0.3 is 0 Å². The Morgan fingerprint density at radius 3 is 2.06 bits per heavy atom. The molecule has 9 heteroatoms. The molecule has 0 bridgehead atoms. The number of halogens is 2. The van der Waals surface area contributed by atoms with Crippen molar-refractivity contribution in [1.82, 2.24) is 0 Å². The van der Waals surface area contributed by atoms with Crippen molar-refractivity contribution in [3.8, 4) is 0 Å². The summed E-state index contributed by atoms with van der Waals surface area (Å²) in [5.74, 6) is -0.945. The van der Waals surface area contributed by atoms with Crippen LogP contribution in [0.3, 0.4) is 0 Å². The molecule has 1 amide bonds. The van der Waals surface area contributed by atoms with E-state index in [4.69, 9.17) is 23.2 Å². The summed E-state index contributed by atoms with van der Waals surface area (Å²) in [5, 5.41) is 3.12. The maximum Gasteiger partial charge on any atom is 0.261 e. The SMILES string of the molecule is O=C(Nc1ccc(Cl)cc1C(=O)c1ccccc1)c1cc(NS(=O)(=O)c2ccccc2)ccc1Cl. The Balaban J connectivity index is 1.62. The lowest BCUT2D eigenvalue weighted by Crippen LogP contribution is -2.17. The number of hydrogen-bond acceptors (Lipinski definition) is 4. The minimum atomic E-state index is -3.86. The number of ketones is 1. The molecule has 0 radical (unpaired) electrons. The van der Waals surface area contributed by atoms with Gasteiger partial charge < -0.3 is 5.32 Å². The Morgan fingerprint density at radius 2 is 1.37 bits per heavy atom. The monoisotopic (exact) mass is 524 g/mol. The number of benzene rings is 4. The minimum Gasteiger partial charge on any atom is -0.321 e. The molecule has 0 unspecified atom stereocenters. The summed E-state index contributed by atoms with van der Waals surface area (Å²) in [6, 6.07) is 25.1. The molecule has 0 saturated carbocycles. The van der Waals surface area contributed by atoms with Crippen LogP contribution in [0.4, 0.5) is 11.4 Å². The molecule has 0 fully saturated rings. The largest absolute Gasteiger partial charge is 0.321 e. The number of amides is 1. The molecule has 0 aromatic heterocycles. The summed E-state index contributed by atoms with van der Waals surface area (Å²) in [4.78, 5) is 26.2. The molecule has 0 heterocycles. The summed E-state index contributed by atoms with van der Waals surface area (Å²) >= 11 is 12.4. The Kier molecular flexibility index (Phi) is 7.21. The molecule has 35 heavy (non-hydrogen) atoms. The quantitative estimate of drug-likeness (QED) is 0.278. The van der Waals surface area contributed by atoms with Gasteiger partial charge in [-0.1, -0.05) is 71.7 Å². The van der Waals surface area contributed by atoms with Crippen molar-refractivity contribution >= 4 is 56.3 Å². The van der Waals surface area contributed by atoms with Gasteiger partial charge in [-0.2, -0.15) is 0 Å². The smallest absolute Gasteiger partial charge is 0.261 e. The van der Waals surface area contributed by atoms with E-state index in [1.807, 2.05) is 0 Å². The highest BCUT2D eigenvalue weighted by atomic mass is 35.5. The zero-order valence-corrected chi connectivity index (χ0v) is 20.4. The van der Waals surface area contributed by atoms with Gasteiger partial charge in [-0.25, -0.2) is 8.42 Å². The molecule has 0 aliphatic heterocycles. The van der Waals surface area contributed by atoms with E-state index in [2.05, 4.69) is 10.0 Å². The van der Waals surface area contributed by atoms with Crippen LogP contribution in [-0.4, -0.2) is 20.1 Å². The molecule has 6 nitrogen and oxygen atoms in total. The van der Waals surface area contributed by atoms with E-state index in [0.29, 0.717) is 10.6 Å². The van der Waals surface area contributed by atoms with Crippen LogP contribution in [0.2, 0.25) is 10.0 Å². The average molecular weight is 525 g/mol. The number of sulfonamides is 1. The van der Waals surface area contributed by atoms with Gasteiger partial charge in [-0.15, -0.1) is 0 Å². The maximum atomic E-state index is 13.1. The van der Waals surface area contributed by atoms with Crippen molar-refractivity contribution in [1.29, 1.82) is 0 Å². The van der Waals surface area contributed by atoms with Crippen LogP contribution in [0.5, 0.6) is 0 Å². The summed E-state index contributed by atoms with van der Waals surface area (Å²) in [7, 11) is -3.86. The first kappa shape index (κ1) is 24.5. The molecular formula is C26H18Cl2N2O4S. The van der Waals surface area contributed by atoms with Crippen molar-refractivity contribution in [3.63, 3.8) is 0 Å².